The van der Waals surface area contributed by atoms with E-state index in [-0.39, 0.29) is 4.90 Å². The van der Waals surface area contributed by atoms with Gasteiger partial charge in [-0.25, -0.2) is 0 Å². The van der Waals surface area contributed by atoms with Gasteiger partial charge < -0.3 is 4.90 Å². The fourth-order valence-corrected chi connectivity index (χ4v) is 1.16. The topological polar surface area (TPSA) is 20.1 Å². The molecule has 0 spiro atoms. The lowest BCUT2D eigenvalue weighted by Crippen LogP contribution is -2.68. The summed E-state index contributed by atoms with van der Waals surface area (Å²) in [7, 11) is 0. The number of amides is 1. The first kappa shape index (κ1) is 17.8. The van der Waals surface area contributed by atoms with Crippen LogP contribution in [0, 0.1) is 0 Å². The van der Waals surface area contributed by atoms with E-state index in [1.165, 1.54) is 0 Å². The summed E-state index contributed by atoms with van der Waals surface area (Å²) in [4.78, 5) is 10.6. The summed E-state index contributed by atoms with van der Waals surface area (Å²) < 4.78 is 137. The van der Waals surface area contributed by atoms with Gasteiger partial charge in [-0.15, -0.1) is 0 Å². The van der Waals surface area contributed by atoms with E-state index < -0.39 is 48.9 Å². The number of carbonyl (C=O) groups is 1. The van der Waals surface area contributed by atoms with Gasteiger partial charge >= 0.3 is 29.9 Å². The number of alkyl halides is 11. The highest BCUT2D eigenvalue weighted by atomic mass is 19.4. The molecule has 0 aromatic carbocycles. The normalized spacial score (nSPS) is 18.0. The van der Waals surface area contributed by atoms with Gasteiger partial charge in [0.15, 0.2) is 0 Å². The number of nitrogens with zero attached hydrogens (tertiary/aromatic N) is 1. The Balaban J connectivity index is 3.29. The number of carbonyl (C=O) groups excluding carboxylic acids is 1. The minimum absolute atomic E-state index is 0.115. The van der Waals surface area contributed by atoms with Crippen LogP contribution in [0.4, 0.5) is 48.3 Å². The van der Waals surface area contributed by atoms with Crippen LogP contribution in [-0.4, -0.2) is 53.8 Å². The second-order valence-electron chi connectivity index (χ2n) is 4.09. The van der Waals surface area contributed by atoms with Crippen LogP contribution in [0.1, 0.15) is 0 Å². The van der Waals surface area contributed by atoms with Crippen molar-refractivity contribution in [2.45, 2.75) is 29.9 Å². The van der Waals surface area contributed by atoms with Crippen LogP contribution in [0.2, 0.25) is 0 Å². The third-order valence-electron chi connectivity index (χ3n) is 2.54. The van der Waals surface area contributed by atoms with Crippen LogP contribution in [0.25, 0.3) is 0 Å². The smallest absolute Gasteiger partial charge is 0.334 e. The molecule has 0 aromatic heterocycles. The summed E-state index contributed by atoms with van der Waals surface area (Å²) in [5.74, 6) is -31.6. The molecule has 0 atom stereocenters. The SMILES string of the molecule is O=C(N1CC1)C(F)(F)C(F)(F)C(F)(F)C(F)(F)C(F)(F)F. The summed E-state index contributed by atoms with van der Waals surface area (Å²) in [6, 6.07) is 0. The highest BCUT2D eigenvalue weighted by Crippen LogP contribution is 2.57. The van der Waals surface area contributed by atoms with Gasteiger partial charge in [0.1, 0.15) is 0 Å². The van der Waals surface area contributed by atoms with Gasteiger partial charge in [-0.1, -0.05) is 0 Å². The minimum atomic E-state index is -7.53. The molecule has 0 saturated carbocycles. The standard InChI is InChI=1S/C8H4F11NO/c9-4(10,3(21)20-1-2-20)5(11,12)6(13,14)7(15,16)8(17,18)19/h1-2H2. The molecule has 2 nitrogen and oxygen atoms in total. The molecule has 0 N–H and O–H groups in total. The molecule has 21 heavy (non-hydrogen) atoms. The third kappa shape index (κ3) is 2.29. The Morgan fingerprint density at radius 3 is 1.33 bits per heavy atom. The first-order chi connectivity index (χ1) is 9.02. The lowest BCUT2D eigenvalue weighted by Gasteiger charge is -2.36. The Hall–Kier alpha value is -1.30. The van der Waals surface area contributed by atoms with E-state index in [0.29, 0.717) is 0 Å². The Labute approximate surface area is 108 Å². The largest absolute Gasteiger partial charge is 0.460 e. The second kappa shape index (κ2) is 4.35. The summed E-state index contributed by atoms with van der Waals surface area (Å²) in [5, 5.41) is 0. The molecule has 0 radical (unpaired) electrons. The number of rotatable bonds is 4. The Kier molecular flexibility index (Phi) is 3.68. The predicted octanol–water partition coefficient (Wildman–Crippen LogP) is 2.93. The van der Waals surface area contributed by atoms with E-state index in [9.17, 15) is 53.1 Å². The highest BCUT2D eigenvalue weighted by molar-refractivity contribution is 5.86. The molecule has 1 aliphatic rings. The molecule has 0 aromatic rings. The van der Waals surface area contributed by atoms with Crippen LogP contribution in [0.5, 0.6) is 0 Å². The molecule has 0 aliphatic carbocycles. The molecule has 13 heteroatoms. The Morgan fingerprint density at radius 2 is 1.05 bits per heavy atom. The van der Waals surface area contributed by atoms with Crippen LogP contribution < -0.4 is 0 Å². The van der Waals surface area contributed by atoms with E-state index in [1.54, 1.807) is 0 Å². The van der Waals surface area contributed by atoms with E-state index in [2.05, 4.69) is 0 Å². The fraction of sp³-hybridized carbons (Fsp3) is 0.875. The van der Waals surface area contributed by atoms with Crippen molar-refractivity contribution in [1.29, 1.82) is 0 Å². The molecule has 1 heterocycles. The first-order valence-electron chi connectivity index (χ1n) is 4.89. The molecule has 1 saturated heterocycles. The van der Waals surface area contributed by atoms with Crippen molar-refractivity contribution in [3.63, 3.8) is 0 Å². The van der Waals surface area contributed by atoms with E-state index >= 15 is 0 Å². The Morgan fingerprint density at radius 1 is 0.667 bits per heavy atom. The summed E-state index contributed by atoms with van der Waals surface area (Å²) in [6.07, 6.45) is -7.22. The quantitative estimate of drug-likeness (QED) is 0.570. The van der Waals surface area contributed by atoms with Crippen LogP contribution >= 0.6 is 0 Å². The Bertz CT molecular complexity index is 436. The second-order valence-corrected chi connectivity index (χ2v) is 4.09. The summed E-state index contributed by atoms with van der Waals surface area (Å²) in [5.41, 5.74) is 0. The zero-order valence-corrected chi connectivity index (χ0v) is 9.43. The highest BCUT2D eigenvalue weighted by Gasteiger charge is 2.88. The summed E-state index contributed by atoms with van der Waals surface area (Å²) in [6.45, 7) is -1.07. The maximum Gasteiger partial charge on any atom is 0.460 e. The zero-order valence-electron chi connectivity index (χ0n) is 9.43. The van der Waals surface area contributed by atoms with Crippen LogP contribution in [-0.2, 0) is 4.79 Å². The predicted molar refractivity (Wildman–Crippen MR) is 42.4 cm³/mol. The van der Waals surface area contributed by atoms with Crippen molar-refractivity contribution in [2.75, 3.05) is 13.1 Å². The van der Waals surface area contributed by atoms with Crippen LogP contribution in [0.3, 0.4) is 0 Å². The van der Waals surface area contributed by atoms with Crippen LogP contribution in [0.15, 0.2) is 0 Å². The monoisotopic (exact) mass is 339 g/mol. The summed E-state index contributed by atoms with van der Waals surface area (Å²) >= 11 is 0. The van der Waals surface area contributed by atoms with Gasteiger partial charge in [-0.05, 0) is 0 Å². The average molecular weight is 339 g/mol. The van der Waals surface area contributed by atoms with Gasteiger partial charge in [0.2, 0.25) is 0 Å². The lowest BCUT2D eigenvalue weighted by molar-refractivity contribution is -0.417. The number of halogens is 11. The molecule has 124 valence electrons. The van der Waals surface area contributed by atoms with E-state index in [4.69, 9.17) is 0 Å². The van der Waals surface area contributed by atoms with Crippen molar-refractivity contribution in [2.24, 2.45) is 0 Å². The van der Waals surface area contributed by atoms with Gasteiger partial charge in [-0.2, -0.15) is 48.3 Å². The molecule has 1 amide bonds. The van der Waals surface area contributed by atoms with Crippen molar-refractivity contribution in [1.82, 2.24) is 4.90 Å². The fourth-order valence-electron chi connectivity index (χ4n) is 1.16. The van der Waals surface area contributed by atoms with Crippen molar-refractivity contribution in [3.8, 4) is 0 Å². The molecule has 1 aliphatic heterocycles. The first-order valence-corrected chi connectivity index (χ1v) is 4.89. The van der Waals surface area contributed by atoms with Gasteiger partial charge in [0.05, 0.1) is 0 Å². The lowest BCUT2D eigenvalue weighted by atomic mass is 9.97. The number of hydrogen-bond acceptors (Lipinski definition) is 1. The van der Waals surface area contributed by atoms with E-state index in [0.717, 1.165) is 0 Å². The van der Waals surface area contributed by atoms with Gasteiger partial charge in [0, 0.05) is 13.1 Å². The molecule has 0 bridgehead atoms. The molecular weight excluding hydrogens is 335 g/mol. The molecular formula is C8H4F11NO. The zero-order chi connectivity index (χ0) is 17.1. The van der Waals surface area contributed by atoms with E-state index in [1.807, 2.05) is 0 Å². The van der Waals surface area contributed by atoms with Crippen molar-refractivity contribution in [3.05, 3.63) is 0 Å². The minimum Gasteiger partial charge on any atom is -0.334 e. The number of hydrogen-bond donors (Lipinski definition) is 0. The third-order valence-corrected chi connectivity index (χ3v) is 2.54. The van der Waals surface area contributed by atoms with Gasteiger partial charge in [0.25, 0.3) is 5.91 Å². The van der Waals surface area contributed by atoms with Crippen molar-refractivity contribution < 1.29 is 53.1 Å². The molecule has 1 fully saturated rings. The van der Waals surface area contributed by atoms with Gasteiger partial charge in [-0.3, -0.25) is 4.79 Å². The maximum atomic E-state index is 13.0. The molecule has 1 rings (SSSR count). The van der Waals surface area contributed by atoms with Crippen molar-refractivity contribution >= 4 is 5.91 Å². The maximum absolute atomic E-state index is 13.0. The average Bonchev–Trinajstić information content (AvgIpc) is 3.09. The molecule has 0 unspecified atom stereocenters.